The van der Waals surface area contributed by atoms with E-state index in [1.54, 1.807) is 11.3 Å². The molecule has 0 aliphatic rings. The molecule has 0 bridgehead atoms. The van der Waals surface area contributed by atoms with Gasteiger partial charge in [0.1, 0.15) is 5.01 Å². The molecule has 2 N–H and O–H groups in total. The third-order valence-corrected chi connectivity index (χ3v) is 3.81. The van der Waals surface area contributed by atoms with Crippen molar-refractivity contribution in [1.29, 1.82) is 0 Å². The molecule has 2 rings (SSSR count). The van der Waals surface area contributed by atoms with Gasteiger partial charge in [0.05, 0.1) is 16.3 Å². The number of benzene rings is 1. The first-order valence-electron chi connectivity index (χ1n) is 5.38. The number of hydrogen-bond donors (Lipinski definition) is 1. The molecule has 0 amide bonds. The second-order valence-electron chi connectivity index (χ2n) is 4.40. The van der Waals surface area contributed by atoms with E-state index in [1.807, 2.05) is 18.2 Å². The fraction of sp³-hybridized carbons (Fsp3) is 0.417. The van der Waals surface area contributed by atoms with Gasteiger partial charge in [-0.2, -0.15) is 0 Å². The molecule has 1 atom stereocenters. The van der Waals surface area contributed by atoms with Gasteiger partial charge < -0.3 is 5.73 Å². The van der Waals surface area contributed by atoms with Crippen LogP contribution in [0.15, 0.2) is 18.2 Å². The minimum atomic E-state index is 0.0381. The fourth-order valence-corrected chi connectivity index (χ4v) is 2.81. The lowest BCUT2D eigenvalue weighted by Gasteiger charge is -2.10. The largest absolute Gasteiger partial charge is 0.322 e. The Kier molecular flexibility index (Phi) is 3.47. The van der Waals surface area contributed by atoms with Gasteiger partial charge in [-0.25, -0.2) is 4.98 Å². The molecule has 1 aromatic carbocycles. The highest BCUT2D eigenvalue weighted by atomic mass is 35.5. The van der Waals surface area contributed by atoms with Crippen molar-refractivity contribution < 1.29 is 0 Å². The summed E-state index contributed by atoms with van der Waals surface area (Å²) in [5.74, 6) is 0.589. The zero-order valence-corrected chi connectivity index (χ0v) is 11.0. The summed E-state index contributed by atoms with van der Waals surface area (Å²) in [6.07, 6.45) is 0.966. The zero-order chi connectivity index (χ0) is 11.7. The Morgan fingerprint density at radius 1 is 1.44 bits per heavy atom. The molecule has 0 spiro atoms. The highest BCUT2D eigenvalue weighted by molar-refractivity contribution is 7.18. The first kappa shape index (κ1) is 11.8. The molecular formula is C12H15ClN2S. The zero-order valence-electron chi connectivity index (χ0n) is 9.40. The summed E-state index contributed by atoms with van der Waals surface area (Å²) < 4.78 is 1.15. The quantitative estimate of drug-likeness (QED) is 0.899. The van der Waals surface area contributed by atoms with E-state index >= 15 is 0 Å². The van der Waals surface area contributed by atoms with Crippen LogP contribution < -0.4 is 5.73 Å². The first-order valence-corrected chi connectivity index (χ1v) is 6.57. The lowest BCUT2D eigenvalue weighted by molar-refractivity contribution is 0.509. The van der Waals surface area contributed by atoms with Crippen molar-refractivity contribution in [1.82, 2.24) is 4.98 Å². The summed E-state index contributed by atoms with van der Waals surface area (Å²) in [5.41, 5.74) is 7.06. The minimum absolute atomic E-state index is 0.0381. The Labute approximate surface area is 104 Å². The van der Waals surface area contributed by atoms with E-state index in [4.69, 9.17) is 17.3 Å². The highest BCUT2D eigenvalue weighted by Gasteiger charge is 2.13. The van der Waals surface area contributed by atoms with Gasteiger partial charge in [-0.05, 0) is 30.5 Å². The van der Waals surface area contributed by atoms with E-state index in [0.29, 0.717) is 5.92 Å². The van der Waals surface area contributed by atoms with Crippen LogP contribution in [0.1, 0.15) is 31.3 Å². The SMILES string of the molecule is CC(C)CC(N)c1nc2cc(Cl)ccc2s1. The van der Waals surface area contributed by atoms with Gasteiger partial charge >= 0.3 is 0 Å². The summed E-state index contributed by atoms with van der Waals surface area (Å²) >= 11 is 7.59. The fourth-order valence-electron chi connectivity index (χ4n) is 1.69. The predicted octanol–water partition coefficient (Wildman–Crippen LogP) is 4.00. The number of aromatic nitrogens is 1. The first-order chi connectivity index (χ1) is 7.56. The molecule has 0 radical (unpaired) electrons. The second kappa shape index (κ2) is 4.70. The molecule has 1 aromatic heterocycles. The number of thiazole rings is 1. The normalized spacial score (nSPS) is 13.6. The van der Waals surface area contributed by atoms with Crippen LogP contribution in [0.2, 0.25) is 5.02 Å². The van der Waals surface area contributed by atoms with Crippen molar-refractivity contribution in [2.24, 2.45) is 11.7 Å². The van der Waals surface area contributed by atoms with E-state index in [1.165, 1.54) is 0 Å². The third kappa shape index (κ3) is 2.54. The maximum absolute atomic E-state index is 6.11. The number of nitrogens with two attached hydrogens (primary N) is 1. The van der Waals surface area contributed by atoms with Crippen molar-refractivity contribution in [3.8, 4) is 0 Å². The topological polar surface area (TPSA) is 38.9 Å². The molecule has 0 saturated heterocycles. The average Bonchev–Trinajstić information content (AvgIpc) is 2.59. The van der Waals surface area contributed by atoms with Crippen LogP contribution in [0.4, 0.5) is 0 Å². The summed E-state index contributed by atoms with van der Waals surface area (Å²) in [6, 6.07) is 5.82. The van der Waals surface area contributed by atoms with Crippen LogP contribution in [0.25, 0.3) is 10.2 Å². The van der Waals surface area contributed by atoms with Gasteiger partial charge in [0.25, 0.3) is 0 Å². The van der Waals surface area contributed by atoms with Crippen molar-refractivity contribution in [3.05, 3.63) is 28.2 Å². The maximum Gasteiger partial charge on any atom is 0.111 e. The van der Waals surface area contributed by atoms with Crippen LogP contribution in [0, 0.1) is 5.92 Å². The summed E-state index contributed by atoms with van der Waals surface area (Å²) in [4.78, 5) is 4.54. The van der Waals surface area contributed by atoms with Crippen molar-refractivity contribution in [2.45, 2.75) is 26.3 Å². The van der Waals surface area contributed by atoms with E-state index in [2.05, 4.69) is 18.8 Å². The van der Waals surface area contributed by atoms with Gasteiger partial charge in [0.2, 0.25) is 0 Å². The van der Waals surface area contributed by atoms with E-state index in [-0.39, 0.29) is 6.04 Å². The predicted molar refractivity (Wildman–Crippen MR) is 71.0 cm³/mol. The van der Waals surface area contributed by atoms with Gasteiger partial charge in [-0.15, -0.1) is 11.3 Å². The summed E-state index contributed by atoms with van der Waals surface area (Å²) in [7, 11) is 0. The van der Waals surface area contributed by atoms with Crippen molar-refractivity contribution >= 4 is 33.2 Å². The van der Waals surface area contributed by atoms with Gasteiger partial charge in [0.15, 0.2) is 0 Å². The Bertz CT molecular complexity index is 493. The molecule has 16 heavy (non-hydrogen) atoms. The molecule has 0 fully saturated rings. The standard InChI is InChI=1S/C12H15ClN2S/c1-7(2)5-9(14)12-15-10-6-8(13)3-4-11(10)16-12/h3-4,6-7,9H,5,14H2,1-2H3. The third-order valence-electron chi connectivity index (χ3n) is 2.41. The molecule has 0 aliphatic heterocycles. The van der Waals surface area contributed by atoms with Crippen LogP contribution in [0.3, 0.4) is 0 Å². The molecule has 2 aromatic rings. The highest BCUT2D eigenvalue weighted by Crippen LogP contribution is 2.29. The van der Waals surface area contributed by atoms with Gasteiger partial charge in [-0.1, -0.05) is 25.4 Å². The van der Waals surface area contributed by atoms with Crippen LogP contribution >= 0.6 is 22.9 Å². The Balaban J connectivity index is 2.32. The van der Waals surface area contributed by atoms with Crippen LogP contribution in [-0.2, 0) is 0 Å². The smallest absolute Gasteiger partial charge is 0.111 e. The molecule has 4 heteroatoms. The molecule has 1 unspecified atom stereocenters. The van der Waals surface area contributed by atoms with E-state index < -0.39 is 0 Å². The number of rotatable bonds is 3. The van der Waals surface area contributed by atoms with Crippen LogP contribution in [-0.4, -0.2) is 4.98 Å². The molecule has 0 saturated carbocycles. The Morgan fingerprint density at radius 2 is 2.19 bits per heavy atom. The average molecular weight is 255 g/mol. The van der Waals surface area contributed by atoms with Crippen molar-refractivity contribution in [2.75, 3.05) is 0 Å². The van der Waals surface area contributed by atoms with E-state index in [9.17, 15) is 0 Å². The van der Waals surface area contributed by atoms with Gasteiger partial charge in [-0.3, -0.25) is 0 Å². The maximum atomic E-state index is 6.11. The molecule has 2 nitrogen and oxygen atoms in total. The Hall–Kier alpha value is -0.640. The molecule has 1 heterocycles. The molecule has 86 valence electrons. The second-order valence-corrected chi connectivity index (χ2v) is 5.90. The number of hydrogen-bond acceptors (Lipinski definition) is 3. The van der Waals surface area contributed by atoms with E-state index in [0.717, 1.165) is 26.7 Å². The molecule has 0 aliphatic carbocycles. The van der Waals surface area contributed by atoms with Crippen LogP contribution in [0.5, 0.6) is 0 Å². The van der Waals surface area contributed by atoms with Crippen molar-refractivity contribution in [3.63, 3.8) is 0 Å². The summed E-state index contributed by atoms with van der Waals surface area (Å²) in [5, 5.41) is 1.73. The summed E-state index contributed by atoms with van der Waals surface area (Å²) in [6.45, 7) is 4.34. The number of fused-ring (bicyclic) bond motifs is 1. The lowest BCUT2D eigenvalue weighted by Crippen LogP contribution is -2.12. The Morgan fingerprint density at radius 3 is 2.88 bits per heavy atom. The molecular weight excluding hydrogens is 240 g/mol. The lowest BCUT2D eigenvalue weighted by atomic mass is 10.1. The monoisotopic (exact) mass is 254 g/mol. The minimum Gasteiger partial charge on any atom is -0.322 e. The van der Waals surface area contributed by atoms with Gasteiger partial charge in [0, 0.05) is 5.02 Å². The number of halogens is 1. The number of nitrogens with zero attached hydrogens (tertiary/aromatic N) is 1.